The minimum atomic E-state index is -4.66. The van der Waals surface area contributed by atoms with Crippen molar-refractivity contribution in [1.82, 2.24) is 4.98 Å². The van der Waals surface area contributed by atoms with Gasteiger partial charge in [0.1, 0.15) is 11.6 Å². The van der Waals surface area contributed by atoms with E-state index >= 15 is 0 Å². The van der Waals surface area contributed by atoms with Crippen LogP contribution < -0.4 is 19.8 Å². The number of carbonyl (C=O) groups excluding carboxylic acids is 3. The molecule has 3 fully saturated rings. The number of carbonyl (C=O) groups is 3. The molecule has 0 spiro atoms. The Morgan fingerprint density at radius 3 is 2.38 bits per heavy atom. The average Bonchev–Trinajstić information content (AvgIpc) is 3.79. The van der Waals surface area contributed by atoms with E-state index in [0.29, 0.717) is 28.4 Å². The Hall–Kier alpha value is -4.43. The molecule has 7 atom stereocenters. The van der Waals surface area contributed by atoms with Crippen LogP contribution in [0.3, 0.4) is 0 Å². The standard InChI is InChI=1S/C34H25F4N3O5S2/c35-15-9-11-16(12-10-15)41-31(43)26-18-13-19(27(26)32(41)44)28-25(18)24(29-30(47-28)40-33(45)48-29)17-5-1-4-8-22(17)46-14-23(42)39-21-7-3-2-6-20(21)34(36,37)38/h1-12,18-19,24-28H,13-14H2,(H,39,42)(H,40,45)/t18?,19?,24-,25?,26?,27?,28?/m1/s1. The van der Waals surface area contributed by atoms with Gasteiger partial charge in [-0.25, -0.2) is 4.39 Å². The number of benzene rings is 3. The van der Waals surface area contributed by atoms with Crippen molar-refractivity contribution >= 4 is 52.2 Å². The number of aromatic amines is 1. The molecule has 3 heterocycles. The highest BCUT2D eigenvalue weighted by Gasteiger charge is 2.69. The molecule has 2 bridgehead atoms. The molecule has 8 nitrogen and oxygen atoms in total. The number of ether oxygens (including phenoxy) is 1. The highest BCUT2D eigenvalue weighted by atomic mass is 32.2. The molecule has 0 radical (unpaired) electrons. The average molecular weight is 696 g/mol. The monoisotopic (exact) mass is 695 g/mol. The van der Waals surface area contributed by atoms with Gasteiger partial charge in [0.2, 0.25) is 11.8 Å². The number of amides is 3. The third-order valence-electron chi connectivity index (χ3n) is 9.93. The van der Waals surface area contributed by atoms with E-state index in [4.69, 9.17) is 4.74 Å². The van der Waals surface area contributed by atoms with Gasteiger partial charge in [-0.1, -0.05) is 41.7 Å². The first kappa shape index (κ1) is 30.9. The second-order valence-electron chi connectivity index (χ2n) is 12.4. The van der Waals surface area contributed by atoms with Gasteiger partial charge in [-0.2, -0.15) is 13.2 Å². The van der Waals surface area contributed by atoms with Crippen molar-refractivity contribution in [3.63, 3.8) is 0 Å². The number of para-hydroxylation sites is 2. The molecule has 2 N–H and O–H groups in total. The summed E-state index contributed by atoms with van der Waals surface area (Å²) in [6.45, 7) is -0.578. The molecule has 2 aliphatic carbocycles. The van der Waals surface area contributed by atoms with Crippen molar-refractivity contribution in [2.45, 2.75) is 28.8 Å². The Kier molecular flexibility index (Phi) is 7.29. The van der Waals surface area contributed by atoms with Crippen LogP contribution in [0.5, 0.6) is 5.75 Å². The van der Waals surface area contributed by atoms with Gasteiger partial charge in [0, 0.05) is 21.6 Å². The normalized spacial score (nSPS) is 27.1. The number of hydrogen-bond donors (Lipinski definition) is 2. The van der Waals surface area contributed by atoms with Crippen LogP contribution in [0.2, 0.25) is 0 Å². The zero-order valence-corrected chi connectivity index (χ0v) is 26.3. The Balaban J connectivity index is 1.11. The summed E-state index contributed by atoms with van der Waals surface area (Å²) in [7, 11) is 0. The quantitative estimate of drug-likeness (QED) is 0.181. The lowest BCUT2D eigenvalue weighted by molar-refractivity contribution is -0.137. The fourth-order valence-corrected chi connectivity index (χ4v) is 11.1. The summed E-state index contributed by atoms with van der Waals surface area (Å²) < 4.78 is 60.1. The zero-order valence-electron chi connectivity index (χ0n) is 24.7. The van der Waals surface area contributed by atoms with E-state index in [2.05, 4.69) is 10.3 Å². The van der Waals surface area contributed by atoms with Crippen molar-refractivity contribution in [1.29, 1.82) is 0 Å². The molecule has 6 unspecified atom stereocenters. The summed E-state index contributed by atoms with van der Waals surface area (Å²) >= 11 is 2.58. The largest absolute Gasteiger partial charge is 0.483 e. The zero-order chi connectivity index (χ0) is 33.5. The highest BCUT2D eigenvalue weighted by molar-refractivity contribution is 8.00. The van der Waals surface area contributed by atoms with Crippen LogP contribution in [0.25, 0.3) is 0 Å². The van der Waals surface area contributed by atoms with E-state index in [1.807, 2.05) is 6.07 Å². The fraction of sp³-hybridized carbons (Fsp3) is 0.294. The second kappa shape index (κ2) is 11.3. The maximum absolute atomic E-state index is 13.9. The fourth-order valence-electron chi connectivity index (χ4n) is 8.25. The molecular weight excluding hydrogens is 671 g/mol. The number of alkyl halides is 3. The Morgan fingerprint density at radius 2 is 1.62 bits per heavy atom. The molecule has 48 heavy (non-hydrogen) atoms. The first-order valence-electron chi connectivity index (χ1n) is 15.2. The summed E-state index contributed by atoms with van der Waals surface area (Å²) in [5, 5.41) is 2.86. The minimum Gasteiger partial charge on any atom is -0.483 e. The third-order valence-corrected chi connectivity index (χ3v) is 12.5. The van der Waals surface area contributed by atoms with E-state index in [0.717, 1.165) is 22.3 Å². The van der Waals surface area contributed by atoms with E-state index in [-0.39, 0.29) is 45.4 Å². The number of anilines is 2. The molecule has 2 saturated carbocycles. The number of thioether (sulfide) groups is 1. The Morgan fingerprint density at radius 1 is 0.938 bits per heavy atom. The summed E-state index contributed by atoms with van der Waals surface area (Å²) in [6, 6.07) is 16.9. The second-order valence-corrected chi connectivity index (χ2v) is 14.6. The molecule has 3 amide bonds. The number of fused-ring (bicyclic) bond motifs is 9. The number of hydrogen-bond acceptors (Lipinski definition) is 7. The molecule has 2 aliphatic heterocycles. The van der Waals surface area contributed by atoms with Crippen LogP contribution in [0.15, 0.2) is 82.6 Å². The van der Waals surface area contributed by atoms with Crippen molar-refractivity contribution in [2.24, 2.45) is 29.6 Å². The molecule has 4 aliphatic rings. The van der Waals surface area contributed by atoms with Gasteiger partial charge >= 0.3 is 11.0 Å². The summed E-state index contributed by atoms with van der Waals surface area (Å²) in [5.41, 5.74) is -0.371. The highest BCUT2D eigenvalue weighted by Crippen LogP contribution is 2.69. The van der Waals surface area contributed by atoms with E-state index < -0.39 is 47.8 Å². The van der Waals surface area contributed by atoms with Crippen LogP contribution in [0.1, 0.15) is 28.3 Å². The number of H-pyrrole nitrogens is 1. The molecule has 4 aromatic rings. The maximum Gasteiger partial charge on any atom is 0.418 e. The van der Waals surface area contributed by atoms with Crippen molar-refractivity contribution in [3.8, 4) is 5.75 Å². The SMILES string of the molecule is O=C(COc1ccccc1[C@H]1c2sc(=O)[nH]c2SC2C3CC(C4C(=O)N(c5ccc(F)cc5)C(=O)C34)C21)Nc1ccccc1C(F)(F)F. The lowest BCUT2D eigenvalue weighted by Crippen LogP contribution is -2.42. The first-order chi connectivity index (χ1) is 23.0. The number of rotatable bonds is 6. The summed E-state index contributed by atoms with van der Waals surface area (Å²) in [5.74, 6) is -3.62. The molecule has 14 heteroatoms. The van der Waals surface area contributed by atoms with Crippen LogP contribution in [0.4, 0.5) is 28.9 Å². The molecule has 1 aromatic heterocycles. The smallest absolute Gasteiger partial charge is 0.418 e. The molecule has 1 saturated heterocycles. The van der Waals surface area contributed by atoms with E-state index in [1.54, 1.807) is 18.2 Å². The van der Waals surface area contributed by atoms with Gasteiger partial charge in [-0.15, -0.1) is 11.8 Å². The van der Waals surface area contributed by atoms with E-state index in [1.165, 1.54) is 59.1 Å². The summed E-state index contributed by atoms with van der Waals surface area (Å²) in [4.78, 5) is 57.9. The Bertz CT molecular complexity index is 2030. The lowest BCUT2D eigenvalue weighted by atomic mass is 9.68. The number of aromatic nitrogens is 1. The topological polar surface area (TPSA) is 109 Å². The van der Waals surface area contributed by atoms with Crippen molar-refractivity contribution in [2.75, 3.05) is 16.8 Å². The number of halogens is 4. The maximum atomic E-state index is 13.9. The number of thiazole rings is 1. The Labute approximate surface area is 278 Å². The molecule has 3 aromatic carbocycles. The van der Waals surface area contributed by atoms with E-state index in [9.17, 15) is 36.7 Å². The molecule has 246 valence electrons. The number of nitrogens with one attached hydrogen (secondary N) is 2. The van der Waals surface area contributed by atoms with Gasteiger partial charge in [-0.05, 0) is 66.6 Å². The first-order valence-corrected chi connectivity index (χ1v) is 16.9. The van der Waals surface area contributed by atoms with Crippen LogP contribution in [-0.4, -0.2) is 34.6 Å². The lowest BCUT2D eigenvalue weighted by Gasteiger charge is -2.43. The van der Waals surface area contributed by atoms with Gasteiger partial charge in [0.05, 0.1) is 33.8 Å². The predicted molar refractivity (Wildman–Crippen MR) is 169 cm³/mol. The third kappa shape index (κ3) is 4.87. The van der Waals surface area contributed by atoms with Gasteiger partial charge < -0.3 is 15.0 Å². The predicted octanol–water partition coefficient (Wildman–Crippen LogP) is 6.29. The van der Waals surface area contributed by atoms with Crippen LogP contribution >= 0.6 is 23.1 Å². The molecule has 8 rings (SSSR count). The minimum absolute atomic E-state index is 0.112. The van der Waals surface area contributed by atoms with Crippen LogP contribution in [0, 0.1) is 35.4 Å². The van der Waals surface area contributed by atoms with Gasteiger partial charge in [0.25, 0.3) is 5.91 Å². The number of nitrogens with zero attached hydrogens (tertiary/aromatic N) is 1. The van der Waals surface area contributed by atoms with Crippen molar-refractivity contribution in [3.05, 3.63) is 104 Å². The number of imide groups is 1. The van der Waals surface area contributed by atoms with Gasteiger partial charge in [-0.3, -0.25) is 24.1 Å². The van der Waals surface area contributed by atoms with Gasteiger partial charge in [0.15, 0.2) is 6.61 Å². The summed E-state index contributed by atoms with van der Waals surface area (Å²) in [6.07, 6.45) is -4.02. The van der Waals surface area contributed by atoms with Crippen LogP contribution in [-0.2, 0) is 20.6 Å². The van der Waals surface area contributed by atoms with Crippen molar-refractivity contribution < 1.29 is 36.7 Å². The molecular formula is C34H25F4N3O5S2.